The lowest BCUT2D eigenvalue weighted by atomic mass is 9.96. The molecular weight excluding hydrogens is 242 g/mol. The van der Waals surface area contributed by atoms with E-state index in [1.807, 2.05) is 24.3 Å². The zero-order valence-electron chi connectivity index (χ0n) is 10.8. The highest BCUT2D eigenvalue weighted by Gasteiger charge is 2.25. The lowest BCUT2D eigenvalue weighted by Crippen LogP contribution is -2.25. The molecule has 1 saturated carbocycles. The molecule has 0 N–H and O–H groups in total. The Balaban J connectivity index is 1.97. The summed E-state index contributed by atoms with van der Waals surface area (Å²) in [5.41, 5.74) is 1.20. The molecule has 0 radical (unpaired) electrons. The number of esters is 1. The van der Waals surface area contributed by atoms with Crippen LogP contribution in [0.4, 0.5) is 0 Å². The molecule has 0 unspecified atom stereocenters. The molecule has 4 heteroatoms. The van der Waals surface area contributed by atoms with Gasteiger partial charge in [0, 0.05) is 5.39 Å². The lowest BCUT2D eigenvalue weighted by Gasteiger charge is -2.25. The maximum absolute atomic E-state index is 12.1. The molecule has 1 aliphatic rings. The van der Waals surface area contributed by atoms with Gasteiger partial charge < -0.3 is 9.47 Å². The van der Waals surface area contributed by atoms with Crippen LogP contribution in [0, 0.1) is 0 Å². The summed E-state index contributed by atoms with van der Waals surface area (Å²) in [6.07, 6.45) is 3.10. The topological polar surface area (TPSA) is 48.4 Å². The van der Waals surface area contributed by atoms with Gasteiger partial charge in [0.2, 0.25) is 5.88 Å². The molecule has 1 heterocycles. The largest absolute Gasteiger partial charge is 0.480 e. The Kier molecular flexibility index (Phi) is 3.07. The Hall–Kier alpha value is -2.10. The molecule has 4 nitrogen and oxygen atoms in total. The molecule has 0 bridgehead atoms. The number of para-hydroxylation sites is 1. The minimum Gasteiger partial charge on any atom is -0.480 e. The molecule has 19 heavy (non-hydrogen) atoms. The van der Waals surface area contributed by atoms with Crippen LogP contribution in [0.25, 0.3) is 10.9 Å². The zero-order chi connectivity index (χ0) is 13.2. The number of fused-ring (bicyclic) bond motifs is 1. The van der Waals surface area contributed by atoms with Gasteiger partial charge in [-0.05, 0) is 31.4 Å². The molecule has 1 aromatic heterocycles. The van der Waals surface area contributed by atoms with E-state index in [1.165, 1.54) is 7.11 Å². The smallest absolute Gasteiger partial charge is 0.343 e. The van der Waals surface area contributed by atoms with Crippen molar-refractivity contribution in [3.05, 3.63) is 35.9 Å². The fourth-order valence-corrected chi connectivity index (χ4v) is 2.10. The van der Waals surface area contributed by atoms with Crippen LogP contribution >= 0.6 is 0 Å². The molecule has 0 saturated heterocycles. The van der Waals surface area contributed by atoms with Gasteiger partial charge in [0.25, 0.3) is 0 Å². The second-order valence-electron chi connectivity index (χ2n) is 4.70. The van der Waals surface area contributed by atoms with E-state index in [1.54, 1.807) is 6.07 Å². The fourth-order valence-electron chi connectivity index (χ4n) is 2.10. The van der Waals surface area contributed by atoms with Crippen molar-refractivity contribution in [3.8, 4) is 5.88 Å². The summed E-state index contributed by atoms with van der Waals surface area (Å²) in [5, 5.41) is 0.906. The first-order chi connectivity index (χ1) is 9.28. The molecule has 2 aromatic rings. The number of rotatable bonds is 3. The van der Waals surface area contributed by atoms with Crippen molar-refractivity contribution in [3.63, 3.8) is 0 Å². The summed E-state index contributed by atoms with van der Waals surface area (Å²) in [7, 11) is 1.51. The van der Waals surface area contributed by atoms with Crippen molar-refractivity contribution in [2.45, 2.75) is 25.4 Å². The molecule has 1 aromatic carbocycles. The summed E-state index contributed by atoms with van der Waals surface area (Å²) in [6, 6.07) is 9.40. The molecule has 1 aliphatic carbocycles. The average Bonchev–Trinajstić information content (AvgIpc) is 2.41. The number of methoxy groups -OCH3 is 1. The SMILES string of the molecule is COc1nc2ccccc2cc1C(=O)OC1CCC1. The van der Waals surface area contributed by atoms with Crippen LogP contribution in [0.1, 0.15) is 29.6 Å². The first kappa shape index (κ1) is 12.0. The minimum absolute atomic E-state index is 0.0590. The Labute approximate surface area is 111 Å². The molecule has 98 valence electrons. The standard InChI is InChI=1S/C15H15NO3/c1-18-14-12(15(17)19-11-6-4-7-11)9-10-5-2-3-8-13(10)16-14/h2-3,5,8-9,11H,4,6-7H2,1H3. The van der Waals surface area contributed by atoms with Crippen molar-refractivity contribution >= 4 is 16.9 Å². The maximum atomic E-state index is 12.1. The summed E-state index contributed by atoms with van der Waals surface area (Å²) >= 11 is 0. The maximum Gasteiger partial charge on any atom is 0.343 e. The number of ether oxygens (including phenoxy) is 2. The third-order valence-corrected chi connectivity index (χ3v) is 3.43. The zero-order valence-corrected chi connectivity index (χ0v) is 10.8. The van der Waals surface area contributed by atoms with Gasteiger partial charge in [0.15, 0.2) is 0 Å². The van der Waals surface area contributed by atoms with Crippen molar-refractivity contribution in [1.82, 2.24) is 4.98 Å². The van der Waals surface area contributed by atoms with Crippen LogP contribution in [-0.2, 0) is 4.74 Å². The van der Waals surface area contributed by atoms with Crippen molar-refractivity contribution in [2.75, 3.05) is 7.11 Å². The van der Waals surface area contributed by atoms with Crippen molar-refractivity contribution < 1.29 is 14.3 Å². The van der Waals surface area contributed by atoms with Gasteiger partial charge in [-0.2, -0.15) is 0 Å². The summed E-state index contributed by atoms with van der Waals surface area (Å²) in [4.78, 5) is 16.5. The van der Waals surface area contributed by atoms with Crippen molar-refractivity contribution in [2.24, 2.45) is 0 Å². The van der Waals surface area contributed by atoms with Gasteiger partial charge in [-0.25, -0.2) is 9.78 Å². The first-order valence-corrected chi connectivity index (χ1v) is 6.42. The third-order valence-electron chi connectivity index (χ3n) is 3.43. The normalized spacial score (nSPS) is 15.0. The Morgan fingerprint density at radius 3 is 2.79 bits per heavy atom. The highest BCUT2D eigenvalue weighted by molar-refractivity contribution is 5.96. The van der Waals surface area contributed by atoms with E-state index >= 15 is 0 Å². The van der Waals surface area contributed by atoms with Gasteiger partial charge in [0.1, 0.15) is 11.7 Å². The number of nitrogens with zero attached hydrogens (tertiary/aromatic N) is 1. The van der Waals surface area contributed by atoms with Crippen LogP contribution < -0.4 is 4.74 Å². The molecule has 3 rings (SSSR count). The van der Waals surface area contributed by atoms with E-state index < -0.39 is 0 Å². The van der Waals surface area contributed by atoms with Gasteiger partial charge >= 0.3 is 5.97 Å². The molecule has 0 amide bonds. The Bertz CT molecular complexity index is 620. The number of aromatic nitrogens is 1. The summed E-state index contributed by atoms with van der Waals surface area (Å²) in [5.74, 6) is -0.0252. The highest BCUT2D eigenvalue weighted by atomic mass is 16.5. The van der Waals surface area contributed by atoms with E-state index in [2.05, 4.69) is 4.98 Å². The van der Waals surface area contributed by atoms with E-state index in [0.29, 0.717) is 11.4 Å². The Morgan fingerprint density at radius 2 is 2.11 bits per heavy atom. The minimum atomic E-state index is -0.347. The van der Waals surface area contributed by atoms with E-state index in [4.69, 9.17) is 9.47 Å². The molecule has 0 atom stereocenters. The predicted octanol–water partition coefficient (Wildman–Crippen LogP) is 2.95. The van der Waals surface area contributed by atoms with Gasteiger partial charge in [-0.15, -0.1) is 0 Å². The van der Waals surface area contributed by atoms with Gasteiger partial charge in [-0.1, -0.05) is 18.2 Å². The van der Waals surface area contributed by atoms with E-state index in [-0.39, 0.29) is 12.1 Å². The third kappa shape index (κ3) is 2.26. The number of carbonyl (C=O) groups excluding carboxylic acids is 1. The van der Waals surface area contributed by atoms with Crippen LogP contribution in [-0.4, -0.2) is 24.2 Å². The molecule has 0 spiro atoms. The molecule has 1 fully saturated rings. The van der Waals surface area contributed by atoms with Crippen LogP contribution in [0.2, 0.25) is 0 Å². The number of benzene rings is 1. The second kappa shape index (κ2) is 4.88. The van der Waals surface area contributed by atoms with Crippen LogP contribution in [0.5, 0.6) is 5.88 Å². The van der Waals surface area contributed by atoms with Crippen LogP contribution in [0.15, 0.2) is 30.3 Å². The van der Waals surface area contributed by atoms with E-state index in [0.717, 1.165) is 30.2 Å². The summed E-state index contributed by atoms with van der Waals surface area (Å²) in [6.45, 7) is 0. The number of hydrogen-bond donors (Lipinski definition) is 0. The molecule has 0 aliphatic heterocycles. The molecular formula is C15H15NO3. The predicted molar refractivity (Wildman–Crippen MR) is 71.3 cm³/mol. The second-order valence-corrected chi connectivity index (χ2v) is 4.70. The fraction of sp³-hybridized carbons (Fsp3) is 0.333. The van der Waals surface area contributed by atoms with E-state index in [9.17, 15) is 4.79 Å². The quantitative estimate of drug-likeness (QED) is 0.793. The average molecular weight is 257 g/mol. The number of hydrogen-bond acceptors (Lipinski definition) is 4. The number of carbonyl (C=O) groups is 1. The summed E-state index contributed by atoms with van der Waals surface area (Å²) < 4.78 is 10.6. The first-order valence-electron chi connectivity index (χ1n) is 6.42. The van der Waals surface area contributed by atoms with Crippen LogP contribution in [0.3, 0.4) is 0 Å². The monoisotopic (exact) mass is 257 g/mol. The Morgan fingerprint density at radius 1 is 1.32 bits per heavy atom. The van der Waals surface area contributed by atoms with Crippen molar-refractivity contribution in [1.29, 1.82) is 0 Å². The highest BCUT2D eigenvalue weighted by Crippen LogP contribution is 2.27. The van der Waals surface area contributed by atoms with Gasteiger partial charge in [-0.3, -0.25) is 0 Å². The van der Waals surface area contributed by atoms with Gasteiger partial charge in [0.05, 0.1) is 12.6 Å². The lowest BCUT2D eigenvalue weighted by molar-refractivity contribution is 0.00866. The number of pyridine rings is 1.